The minimum atomic E-state index is -0.117. The molecular weight excluding hydrogens is 374 g/mol. The van der Waals surface area contributed by atoms with Crippen LogP contribution in [0.15, 0.2) is 18.2 Å². The Morgan fingerprint density at radius 1 is 0.964 bits per heavy atom. The molecule has 1 aromatic carbocycles. The van der Waals surface area contributed by atoms with Crippen LogP contribution in [0.1, 0.15) is 93.8 Å². The molecule has 1 N–H and O–H groups in total. The van der Waals surface area contributed by atoms with E-state index < -0.39 is 0 Å². The zero-order valence-electron chi connectivity index (χ0n) is 17.1. The molecule has 4 nitrogen and oxygen atoms in total. The summed E-state index contributed by atoms with van der Waals surface area (Å²) in [5.74, 6) is 0.341. The lowest BCUT2D eigenvalue weighted by Gasteiger charge is -2.19. The molecule has 1 amide bonds. The Morgan fingerprint density at radius 3 is 2.11 bits per heavy atom. The molecule has 1 aromatic rings. The molecule has 156 valence electrons. The molecule has 0 aliphatic heterocycles. The maximum absolute atomic E-state index is 12.5. The molecule has 0 heterocycles. The van der Waals surface area contributed by atoms with Crippen LogP contribution < -0.4 is 10.1 Å². The van der Waals surface area contributed by atoms with E-state index in [9.17, 15) is 9.59 Å². The lowest BCUT2D eigenvalue weighted by molar-refractivity contribution is -0.121. The zero-order valence-corrected chi connectivity index (χ0v) is 17.9. The van der Waals surface area contributed by atoms with Crippen molar-refractivity contribution >= 4 is 23.3 Å². The van der Waals surface area contributed by atoms with Crippen molar-refractivity contribution in [2.45, 2.75) is 89.5 Å². The van der Waals surface area contributed by atoms with Gasteiger partial charge in [0, 0.05) is 23.9 Å². The number of halogens is 1. The first-order valence-corrected chi connectivity index (χ1v) is 11.1. The van der Waals surface area contributed by atoms with Gasteiger partial charge in [0.1, 0.15) is 5.75 Å². The number of Topliss-reactive ketones (excluding diaryl/α,β-unsaturated/α-hetero) is 1. The van der Waals surface area contributed by atoms with Gasteiger partial charge in [-0.15, -0.1) is 0 Å². The van der Waals surface area contributed by atoms with Crippen molar-refractivity contribution in [3.8, 4) is 5.75 Å². The SMILES string of the molecule is COc1ccc(Cl)cc1C(=O)CCC(=O)NC1CCCCCCCCCCC1. The fourth-order valence-corrected chi connectivity index (χ4v) is 4.04. The number of ether oxygens (including phenoxy) is 1. The molecule has 0 unspecified atom stereocenters. The third kappa shape index (κ3) is 8.22. The highest BCUT2D eigenvalue weighted by Gasteiger charge is 2.17. The second kappa shape index (κ2) is 12.8. The molecule has 1 fully saturated rings. The van der Waals surface area contributed by atoms with Crippen molar-refractivity contribution in [2.24, 2.45) is 0 Å². The molecule has 28 heavy (non-hydrogen) atoms. The Hall–Kier alpha value is -1.55. The lowest BCUT2D eigenvalue weighted by Crippen LogP contribution is -2.35. The number of rotatable bonds is 6. The van der Waals surface area contributed by atoms with E-state index in [1.54, 1.807) is 18.2 Å². The molecule has 1 saturated carbocycles. The number of methoxy groups -OCH3 is 1. The summed E-state index contributed by atoms with van der Waals surface area (Å²) in [7, 11) is 1.52. The molecule has 2 rings (SSSR count). The van der Waals surface area contributed by atoms with E-state index in [0.717, 1.165) is 12.8 Å². The van der Waals surface area contributed by atoms with E-state index in [0.29, 0.717) is 16.3 Å². The van der Waals surface area contributed by atoms with Crippen molar-refractivity contribution in [3.63, 3.8) is 0 Å². The average Bonchev–Trinajstić information content (AvgIpc) is 2.68. The van der Waals surface area contributed by atoms with Gasteiger partial charge in [-0.3, -0.25) is 9.59 Å². The van der Waals surface area contributed by atoms with Gasteiger partial charge in [0.25, 0.3) is 0 Å². The minimum absolute atomic E-state index is 0.0357. The van der Waals surface area contributed by atoms with E-state index in [4.69, 9.17) is 16.3 Å². The van der Waals surface area contributed by atoms with Gasteiger partial charge in [0.05, 0.1) is 12.7 Å². The number of hydrogen-bond donors (Lipinski definition) is 1. The lowest BCUT2D eigenvalue weighted by atomic mass is 9.97. The molecule has 0 radical (unpaired) electrons. The monoisotopic (exact) mass is 407 g/mol. The van der Waals surface area contributed by atoms with E-state index >= 15 is 0 Å². The van der Waals surface area contributed by atoms with Gasteiger partial charge in [-0.25, -0.2) is 0 Å². The first kappa shape index (κ1) is 22.7. The van der Waals surface area contributed by atoms with Crippen molar-refractivity contribution in [2.75, 3.05) is 7.11 Å². The van der Waals surface area contributed by atoms with Crippen molar-refractivity contribution < 1.29 is 14.3 Å². The van der Waals surface area contributed by atoms with Crippen LogP contribution >= 0.6 is 11.6 Å². The Morgan fingerprint density at radius 2 is 1.54 bits per heavy atom. The van der Waals surface area contributed by atoms with Crippen LogP contribution in [0.5, 0.6) is 5.75 Å². The van der Waals surface area contributed by atoms with Gasteiger partial charge in [0.2, 0.25) is 5.91 Å². The normalized spacial score (nSPS) is 17.2. The number of amides is 1. The van der Waals surface area contributed by atoms with Gasteiger partial charge < -0.3 is 10.1 Å². The average molecular weight is 408 g/mol. The van der Waals surface area contributed by atoms with Gasteiger partial charge >= 0.3 is 0 Å². The van der Waals surface area contributed by atoms with Gasteiger partial charge in [-0.05, 0) is 31.0 Å². The van der Waals surface area contributed by atoms with Crippen molar-refractivity contribution in [1.82, 2.24) is 5.32 Å². The summed E-state index contributed by atoms with van der Waals surface area (Å²) in [4.78, 5) is 24.9. The predicted octanol–water partition coefficient (Wildman–Crippen LogP) is 6.10. The predicted molar refractivity (Wildman–Crippen MR) is 114 cm³/mol. The summed E-state index contributed by atoms with van der Waals surface area (Å²) in [6, 6.07) is 5.21. The number of carbonyl (C=O) groups excluding carboxylic acids is 2. The van der Waals surface area contributed by atoms with Crippen LogP contribution in [0, 0.1) is 0 Å². The van der Waals surface area contributed by atoms with Crippen LogP contribution in [0.3, 0.4) is 0 Å². The second-order valence-corrected chi connectivity index (χ2v) is 8.23. The topological polar surface area (TPSA) is 55.4 Å². The fourth-order valence-electron chi connectivity index (χ4n) is 3.87. The summed E-state index contributed by atoms with van der Waals surface area (Å²) in [5, 5.41) is 3.66. The van der Waals surface area contributed by atoms with Gasteiger partial charge in [-0.1, -0.05) is 69.4 Å². The standard InChI is InChI=1S/C23H34ClNO3/c1-28-22-15-13-18(24)17-20(22)21(26)14-16-23(27)25-19-11-9-7-5-3-2-4-6-8-10-12-19/h13,15,17,19H,2-12,14,16H2,1H3,(H,25,27). The first-order chi connectivity index (χ1) is 13.6. The Kier molecular flexibility index (Phi) is 10.4. The van der Waals surface area contributed by atoms with Gasteiger partial charge in [-0.2, -0.15) is 0 Å². The third-order valence-electron chi connectivity index (χ3n) is 5.51. The molecule has 0 spiro atoms. The maximum atomic E-state index is 12.5. The number of nitrogens with one attached hydrogen (secondary N) is 1. The summed E-state index contributed by atoms with van der Waals surface area (Å²) < 4.78 is 5.24. The van der Waals surface area contributed by atoms with Gasteiger partial charge in [0.15, 0.2) is 5.78 Å². The van der Waals surface area contributed by atoms with Crippen LogP contribution in [0.2, 0.25) is 5.02 Å². The highest BCUT2D eigenvalue weighted by Crippen LogP contribution is 2.24. The Bertz CT molecular complexity index is 620. The molecule has 0 saturated heterocycles. The molecule has 0 atom stereocenters. The van der Waals surface area contributed by atoms with Crippen LogP contribution in [-0.4, -0.2) is 24.8 Å². The van der Waals surface area contributed by atoms with Crippen LogP contribution in [-0.2, 0) is 4.79 Å². The molecule has 0 aromatic heterocycles. The second-order valence-electron chi connectivity index (χ2n) is 7.79. The Balaban J connectivity index is 1.82. The molecule has 1 aliphatic carbocycles. The van der Waals surface area contributed by atoms with E-state index in [-0.39, 0.29) is 30.6 Å². The molecule has 0 bridgehead atoms. The molecule has 5 heteroatoms. The highest BCUT2D eigenvalue weighted by atomic mass is 35.5. The number of carbonyl (C=O) groups is 2. The number of hydrogen-bond acceptors (Lipinski definition) is 3. The van der Waals surface area contributed by atoms with Crippen molar-refractivity contribution in [3.05, 3.63) is 28.8 Å². The van der Waals surface area contributed by atoms with Crippen molar-refractivity contribution in [1.29, 1.82) is 0 Å². The molecule has 1 aliphatic rings. The third-order valence-corrected chi connectivity index (χ3v) is 5.75. The zero-order chi connectivity index (χ0) is 20.2. The summed E-state index contributed by atoms with van der Waals surface area (Å²) in [5.41, 5.74) is 0.439. The smallest absolute Gasteiger partial charge is 0.220 e. The fraction of sp³-hybridized carbons (Fsp3) is 0.652. The minimum Gasteiger partial charge on any atom is -0.496 e. The highest BCUT2D eigenvalue weighted by molar-refractivity contribution is 6.31. The van der Waals surface area contributed by atoms with Crippen LogP contribution in [0.4, 0.5) is 0 Å². The summed E-state index contributed by atoms with van der Waals surface area (Å²) in [6.45, 7) is 0. The number of benzene rings is 1. The van der Waals surface area contributed by atoms with E-state index in [2.05, 4.69) is 5.32 Å². The maximum Gasteiger partial charge on any atom is 0.220 e. The first-order valence-electron chi connectivity index (χ1n) is 10.8. The quantitative estimate of drug-likeness (QED) is 0.579. The van der Waals surface area contributed by atoms with Crippen LogP contribution in [0.25, 0.3) is 0 Å². The summed E-state index contributed by atoms with van der Waals surface area (Å²) in [6.07, 6.45) is 13.9. The summed E-state index contributed by atoms with van der Waals surface area (Å²) >= 11 is 6.00. The molecular formula is C23H34ClNO3. The number of ketones is 1. The van der Waals surface area contributed by atoms with E-state index in [1.807, 2.05) is 0 Å². The van der Waals surface area contributed by atoms with E-state index in [1.165, 1.54) is 64.9 Å². The largest absolute Gasteiger partial charge is 0.496 e. The Labute approximate surface area is 174 Å².